The zero-order valence-corrected chi connectivity index (χ0v) is 11.0. The van der Waals surface area contributed by atoms with Crippen molar-refractivity contribution < 1.29 is 0 Å². The van der Waals surface area contributed by atoms with Crippen LogP contribution in [-0.2, 0) is 0 Å². The van der Waals surface area contributed by atoms with Crippen LogP contribution in [0.1, 0.15) is 5.56 Å². The molecule has 2 rings (SSSR count). The molecule has 0 atom stereocenters. The molecule has 0 fully saturated rings. The summed E-state index contributed by atoms with van der Waals surface area (Å²) in [6.07, 6.45) is 3.55. The third-order valence-electron chi connectivity index (χ3n) is 1.93. The van der Waals surface area contributed by atoms with Gasteiger partial charge in [-0.1, -0.05) is 0 Å². The van der Waals surface area contributed by atoms with Crippen LogP contribution in [-0.4, -0.2) is 9.97 Å². The maximum atomic E-state index is 5.89. The Labute approximate surface area is 107 Å². The summed E-state index contributed by atoms with van der Waals surface area (Å²) in [7, 11) is 0. The maximum absolute atomic E-state index is 5.89. The average Bonchev–Trinajstić information content (AvgIpc) is 2.25. The van der Waals surface area contributed by atoms with Gasteiger partial charge in [0.1, 0.15) is 10.1 Å². The summed E-state index contributed by atoms with van der Waals surface area (Å²) in [6, 6.07) is 5.73. The number of rotatable bonds is 2. The fraction of sp³-hybridized carbons (Fsp3) is 0.0909. The Bertz CT molecular complexity index is 516. The molecule has 0 radical (unpaired) electrons. The molecule has 2 aromatic rings. The van der Waals surface area contributed by atoms with Crippen LogP contribution < -0.4 is 5.73 Å². The van der Waals surface area contributed by atoms with E-state index in [4.69, 9.17) is 5.73 Å². The zero-order chi connectivity index (χ0) is 11.5. The molecule has 0 amide bonds. The molecule has 0 unspecified atom stereocenters. The summed E-state index contributed by atoms with van der Waals surface area (Å²) in [6.45, 7) is 1.97. The van der Waals surface area contributed by atoms with Crippen molar-refractivity contribution in [2.45, 2.75) is 17.0 Å². The molecule has 0 bridgehead atoms. The normalized spacial score (nSPS) is 10.4. The number of halogens is 1. The molecule has 0 saturated carbocycles. The average molecular weight is 296 g/mol. The van der Waals surface area contributed by atoms with Crippen molar-refractivity contribution in [1.82, 2.24) is 9.97 Å². The minimum absolute atomic E-state index is 0.683. The minimum atomic E-state index is 0.683. The molecule has 5 heteroatoms. The van der Waals surface area contributed by atoms with Crippen molar-refractivity contribution in [1.29, 1.82) is 0 Å². The Kier molecular flexibility index (Phi) is 3.46. The molecular formula is C11H10BrN3S. The highest BCUT2D eigenvalue weighted by atomic mass is 79.9. The van der Waals surface area contributed by atoms with Gasteiger partial charge in [0.15, 0.2) is 0 Å². The summed E-state index contributed by atoms with van der Waals surface area (Å²) in [4.78, 5) is 8.55. The van der Waals surface area contributed by atoms with Crippen LogP contribution in [0.5, 0.6) is 0 Å². The van der Waals surface area contributed by atoms with Crippen molar-refractivity contribution >= 4 is 33.4 Å². The van der Waals surface area contributed by atoms with E-state index >= 15 is 0 Å². The van der Waals surface area contributed by atoms with Crippen LogP contribution in [0.2, 0.25) is 0 Å². The van der Waals surface area contributed by atoms with Crippen molar-refractivity contribution in [2.24, 2.45) is 0 Å². The fourth-order valence-electron chi connectivity index (χ4n) is 1.20. The molecule has 2 N–H and O–H groups in total. The van der Waals surface area contributed by atoms with E-state index in [0.29, 0.717) is 5.69 Å². The molecule has 0 aromatic carbocycles. The number of nitrogens with two attached hydrogens (primary N) is 1. The number of aromatic nitrogens is 2. The first-order chi connectivity index (χ1) is 7.66. The monoisotopic (exact) mass is 295 g/mol. The quantitative estimate of drug-likeness (QED) is 0.924. The highest BCUT2D eigenvalue weighted by Crippen LogP contribution is 2.33. The molecule has 16 heavy (non-hydrogen) atoms. The van der Waals surface area contributed by atoms with Gasteiger partial charge >= 0.3 is 0 Å². The third kappa shape index (κ3) is 2.54. The molecule has 0 aliphatic heterocycles. The molecule has 2 heterocycles. The molecular weight excluding hydrogens is 286 g/mol. The van der Waals surface area contributed by atoms with Gasteiger partial charge in [0.25, 0.3) is 0 Å². The lowest BCUT2D eigenvalue weighted by atomic mass is 10.3. The maximum Gasteiger partial charge on any atom is 0.125 e. The highest BCUT2D eigenvalue weighted by molar-refractivity contribution is 9.10. The standard InChI is InChI=1S/C11H10BrN3S/c1-7-5-9(13)11(15-6-7)16-10-8(12)3-2-4-14-10/h2-6H,13H2,1H3. The third-order valence-corrected chi connectivity index (χ3v) is 3.89. The first-order valence-corrected chi connectivity index (χ1v) is 6.28. The van der Waals surface area contributed by atoms with E-state index in [9.17, 15) is 0 Å². The first-order valence-electron chi connectivity index (χ1n) is 4.67. The van der Waals surface area contributed by atoms with E-state index in [1.54, 1.807) is 12.4 Å². The molecule has 0 aliphatic rings. The van der Waals surface area contributed by atoms with Gasteiger partial charge in [-0.3, -0.25) is 0 Å². The fourth-order valence-corrected chi connectivity index (χ4v) is 2.44. The molecule has 82 valence electrons. The van der Waals surface area contributed by atoms with E-state index in [1.807, 2.05) is 25.1 Å². The number of nitrogens with zero attached hydrogens (tertiary/aromatic N) is 2. The van der Waals surface area contributed by atoms with Crippen molar-refractivity contribution in [3.8, 4) is 0 Å². The topological polar surface area (TPSA) is 51.8 Å². The van der Waals surface area contributed by atoms with E-state index in [2.05, 4.69) is 25.9 Å². The van der Waals surface area contributed by atoms with Gasteiger partial charge in [0.2, 0.25) is 0 Å². The Morgan fingerprint density at radius 2 is 2.12 bits per heavy atom. The van der Waals surface area contributed by atoms with Gasteiger partial charge in [-0.05, 0) is 58.4 Å². The van der Waals surface area contributed by atoms with Gasteiger partial charge in [0.05, 0.1) is 10.2 Å². The summed E-state index contributed by atoms with van der Waals surface area (Å²) >= 11 is 4.90. The van der Waals surface area contributed by atoms with Crippen LogP contribution in [0.25, 0.3) is 0 Å². The number of anilines is 1. The van der Waals surface area contributed by atoms with E-state index < -0.39 is 0 Å². The second-order valence-electron chi connectivity index (χ2n) is 3.30. The van der Waals surface area contributed by atoms with Gasteiger partial charge < -0.3 is 5.73 Å². The number of aryl methyl sites for hydroxylation is 1. The Morgan fingerprint density at radius 3 is 2.81 bits per heavy atom. The lowest BCUT2D eigenvalue weighted by Gasteiger charge is -2.05. The lowest BCUT2D eigenvalue weighted by molar-refractivity contribution is 1.07. The van der Waals surface area contributed by atoms with Crippen molar-refractivity contribution in [2.75, 3.05) is 5.73 Å². The number of hydrogen-bond acceptors (Lipinski definition) is 4. The number of hydrogen-bond donors (Lipinski definition) is 1. The van der Waals surface area contributed by atoms with Gasteiger partial charge in [-0.2, -0.15) is 0 Å². The second-order valence-corrected chi connectivity index (χ2v) is 5.13. The molecule has 0 spiro atoms. The van der Waals surface area contributed by atoms with Crippen LogP contribution in [0.3, 0.4) is 0 Å². The summed E-state index contributed by atoms with van der Waals surface area (Å²) in [5.74, 6) is 0. The van der Waals surface area contributed by atoms with Crippen LogP contribution in [0, 0.1) is 6.92 Å². The zero-order valence-electron chi connectivity index (χ0n) is 8.64. The predicted octanol–water partition coefficient (Wildman–Crippen LogP) is 3.28. The largest absolute Gasteiger partial charge is 0.397 e. The molecule has 3 nitrogen and oxygen atoms in total. The van der Waals surface area contributed by atoms with Crippen molar-refractivity contribution in [3.05, 3.63) is 40.6 Å². The van der Waals surface area contributed by atoms with Crippen LogP contribution in [0.15, 0.2) is 45.1 Å². The minimum Gasteiger partial charge on any atom is -0.397 e. The van der Waals surface area contributed by atoms with E-state index in [-0.39, 0.29) is 0 Å². The second kappa shape index (κ2) is 4.84. The first kappa shape index (κ1) is 11.4. The van der Waals surface area contributed by atoms with E-state index in [0.717, 1.165) is 20.1 Å². The van der Waals surface area contributed by atoms with Gasteiger partial charge in [-0.25, -0.2) is 9.97 Å². The number of pyridine rings is 2. The lowest BCUT2D eigenvalue weighted by Crippen LogP contribution is -1.93. The van der Waals surface area contributed by atoms with Gasteiger partial charge in [0, 0.05) is 12.4 Å². The summed E-state index contributed by atoms with van der Waals surface area (Å²) in [5.41, 5.74) is 7.63. The summed E-state index contributed by atoms with van der Waals surface area (Å²) < 4.78 is 0.946. The molecule has 2 aromatic heterocycles. The highest BCUT2D eigenvalue weighted by Gasteiger charge is 2.07. The molecule has 0 saturated heterocycles. The summed E-state index contributed by atoms with van der Waals surface area (Å²) in [5, 5.41) is 1.65. The Morgan fingerprint density at radius 1 is 1.31 bits per heavy atom. The predicted molar refractivity (Wildman–Crippen MR) is 69.4 cm³/mol. The van der Waals surface area contributed by atoms with E-state index in [1.165, 1.54) is 11.8 Å². The van der Waals surface area contributed by atoms with Gasteiger partial charge in [-0.15, -0.1) is 0 Å². The van der Waals surface area contributed by atoms with Crippen molar-refractivity contribution in [3.63, 3.8) is 0 Å². The Balaban J connectivity index is 2.31. The van der Waals surface area contributed by atoms with Crippen LogP contribution >= 0.6 is 27.7 Å². The Hall–Kier alpha value is -1.07. The smallest absolute Gasteiger partial charge is 0.125 e. The SMILES string of the molecule is Cc1cnc(Sc2ncccc2Br)c(N)c1. The molecule has 0 aliphatic carbocycles. The number of nitrogen functional groups attached to an aromatic ring is 1. The van der Waals surface area contributed by atoms with Crippen LogP contribution in [0.4, 0.5) is 5.69 Å².